The van der Waals surface area contributed by atoms with Crippen molar-refractivity contribution in [3.05, 3.63) is 24.3 Å². The Morgan fingerprint density at radius 2 is 0.944 bits per heavy atom. The van der Waals surface area contributed by atoms with Gasteiger partial charge in [-0.25, -0.2) is 0 Å². The fraction of sp³-hybridized carbons (Fsp3) is 0.867. The van der Waals surface area contributed by atoms with Gasteiger partial charge in [0.2, 0.25) is 5.34 Å². The highest BCUT2D eigenvalue weighted by Gasteiger charge is 2.48. The predicted molar refractivity (Wildman–Crippen MR) is 156 cm³/mol. The summed E-state index contributed by atoms with van der Waals surface area (Å²) in [5, 5.41) is 8.65. The lowest BCUT2D eigenvalue weighted by Gasteiger charge is -2.35. The fourth-order valence-corrected chi connectivity index (χ4v) is 5.71. The summed E-state index contributed by atoms with van der Waals surface area (Å²) in [4.78, 5) is 19.2. The smallest absolute Gasteiger partial charge is 0.362 e. The Morgan fingerprint density at radius 3 is 1.28 bits per heavy atom. The zero-order valence-corrected chi connectivity index (χ0v) is 25.2. The fourth-order valence-electron chi connectivity index (χ4n) is 4.66. The van der Waals surface area contributed by atoms with E-state index in [1.165, 1.54) is 96.3 Å². The summed E-state index contributed by atoms with van der Waals surface area (Å²) >= 11 is 0. The second-order valence-electron chi connectivity index (χ2n) is 11.8. The molecule has 214 valence electrons. The monoisotopic (exact) mass is 530 g/mol. The zero-order chi connectivity index (χ0) is 27.2. The molecule has 0 radical (unpaired) electrons. The van der Waals surface area contributed by atoms with Gasteiger partial charge in [-0.2, -0.15) is 0 Å². The molecule has 6 heteroatoms. The number of hydrogen-bond donors (Lipinski definition) is 3. The maximum Gasteiger partial charge on any atom is 0.362 e. The molecule has 0 aliphatic rings. The van der Waals surface area contributed by atoms with Gasteiger partial charge < -0.3 is 19.4 Å². The van der Waals surface area contributed by atoms with Crippen LogP contribution < -0.4 is 0 Å². The van der Waals surface area contributed by atoms with Crippen molar-refractivity contribution in [1.82, 2.24) is 0 Å². The maximum absolute atomic E-state index is 11.8. The highest BCUT2D eigenvalue weighted by atomic mass is 31.2. The third kappa shape index (κ3) is 21.6. The van der Waals surface area contributed by atoms with Crippen molar-refractivity contribution in [2.24, 2.45) is 0 Å². The van der Waals surface area contributed by atoms with Crippen LogP contribution in [0, 0.1) is 0 Å². The molecule has 1 atom stereocenters. The Balaban J connectivity index is 3.54. The molecule has 0 bridgehead atoms. The van der Waals surface area contributed by atoms with Crippen LogP contribution in [0.5, 0.6) is 0 Å². The van der Waals surface area contributed by atoms with Gasteiger partial charge in [-0.05, 0) is 57.8 Å². The molecular formula is C30H61NO4P+. The van der Waals surface area contributed by atoms with Crippen LogP contribution in [0.2, 0.25) is 0 Å². The van der Waals surface area contributed by atoms with Crippen molar-refractivity contribution in [2.75, 3.05) is 27.7 Å². The van der Waals surface area contributed by atoms with Crippen molar-refractivity contribution in [2.45, 2.75) is 141 Å². The average molecular weight is 531 g/mol. The summed E-state index contributed by atoms with van der Waals surface area (Å²) in [6, 6.07) is 0. The van der Waals surface area contributed by atoms with Gasteiger partial charge in [0.15, 0.2) is 0 Å². The first-order valence-electron chi connectivity index (χ1n) is 14.9. The molecule has 3 N–H and O–H groups in total. The van der Waals surface area contributed by atoms with E-state index in [1.807, 2.05) is 21.1 Å². The largest absolute Gasteiger partial charge is 0.373 e. The van der Waals surface area contributed by atoms with E-state index in [-0.39, 0.29) is 13.0 Å². The van der Waals surface area contributed by atoms with Gasteiger partial charge >= 0.3 is 7.60 Å². The quantitative estimate of drug-likeness (QED) is 0.0478. The number of rotatable bonds is 25. The normalized spacial score (nSPS) is 14.8. The van der Waals surface area contributed by atoms with E-state index >= 15 is 0 Å². The maximum atomic E-state index is 11.8. The highest BCUT2D eigenvalue weighted by molar-refractivity contribution is 7.53. The molecule has 0 rings (SSSR count). The Kier molecular flexibility index (Phi) is 21.2. The van der Waals surface area contributed by atoms with E-state index in [0.717, 1.165) is 19.3 Å². The number of nitrogens with zero attached hydrogens (tertiary/aromatic N) is 1. The SMILES string of the molecule is CCCC/C=C\CCCCCCCC/C=C\CCCCCCCCCC(O)(C[N+](C)(C)C)P(=O)(O)O. The molecular weight excluding hydrogens is 469 g/mol. The lowest BCUT2D eigenvalue weighted by molar-refractivity contribution is -0.875. The number of aliphatic hydroxyl groups is 1. The highest BCUT2D eigenvalue weighted by Crippen LogP contribution is 2.52. The molecule has 0 aromatic rings. The number of likely N-dealkylation sites (N-methyl/N-ethyl adjacent to an activating group) is 1. The number of quaternary nitrogens is 1. The molecule has 0 fully saturated rings. The van der Waals surface area contributed by atoms with Gasteiger partial charge in [-0.15, -0.1) is 0 Å². The van der Waals surface area contributed by atoms with Crippen molar-refractivity contribution in [3.63, 3.8) is 0 Å². The average Bonchev–Trinajstić information content (AvgIpc) is 2.77. The van der Waals surface area contributed by atoms with E-state index in [2.05, 4.69) is 31.2 Å². The molecule has 0 aromatic heterocycles. The van der Waals surface area contributed by atoms with E-state index in [1.54, 1.807) is 0 Å². The minimum Gasteiger partial charge on any atom is -0.373 e. The molecule has 36 heavy (non-hydrogen) atoms. The Labute approximate surface area is 224 Å². The van der Waals surface area contributed by atoms with Crippen molar-refractivity contribution in [3.8, 4) is 0 Å². The van der Waals surface area contributed by atoms with Gasteiger partial charge in [-0.3, -0.25) is 4.57 Å². The van der Waals surface area contributed by atoms with Crippen LogP contribution in [0.3, 0.4) is 0 Å². The van der Waals surface area contributed by atoms with Gasteiger partial charge in [-0.1, -0.05) is 102 Å². The minimum absolute atomic E-state index is 0.0576. The Hall–Kier alpha value is -0.450. The van der Waals surface area contributed by atoms with Gasteiger partial charge in [0.25, 0.3) is 0 Å². The van der Waals surface area contributed by atoms with Crippen LogP contribution in [0.15, 0.2) is 24.3 Å². The summed E-state index contributed by atoms with van der Waals surface area (Å²) in [5.41, 5.74) is 0. The summed E-state index contributed by atoms with van der Waals surface area (Å²) in [6.45, 7) is 2.30. The predicted octanol–water partition coefficient (Wildman–Crippen LogP) is 8.49. The van der Waals surface area contributed by atoms with Crippen LogP contribution in [0.1, 0.15) is 135 Å². The van der Waals surface area contributed by atoms with E-state index in [4.69, 9.17) is 0 Å². The van der Waals surface area contributed by atoms with Crippen molar-refractivity contribution >= 4 is 7.60 Å². The molecule has 0 spiro atoms. The Bertz CT molecular complexity index is 609. The molecule has 1 unspecified atom stereocenters. The van der Waals surface area contributed by atoms with E-state index < -0.39 is 12.9 Å². The zero-order valence-electron chi connectivity index (χ0n) is 24.3. The minimum atomic E-state index is -4.55. The molecule has 0 aliphatic carbocycles. The summed E-state index contributed by atoms with van der Waals surface area (Å²) < 4.78 is 12.1. The van der Waals surface area contributed by atoms with Crippen molar-refractivity contribution < 1.29 is 23.9 Å². The van der Waals surface area contributed by atoms with Crippen LogP contribution in [0.4, 0.5) is 0 Å². The summed E-state index contributed by atoms with van der Waals surface area (Å²) in [5.74, 6) is 0. The second-order valence-corrected chi connectivity index (χ2v) is 13.7. The van der Waals surface area contributed by atoms with Gasteiger partial charge in [0.1, 0.15) is 6.54 Å². The summed E-state index contributed by atoms with van der Waals surface area (Å²) in [7, 11) is 0.972. The third-order valence-electron chi connectivity index (χ3n) is 6.77. The lowest BCUT2D eigenvalue weighted by atomic mass is 10.0. The van der Waals surface area contributed by atoms with Gasteiger partial charge in [0, 0.05) is 0 Å². The molecule has 0 saturated heterocycles. The second kappa shape index (κ2) is 21.5. The van der Waals surface area contributed by atoms with Crippen LogP contribution in [0.25, 0.3) is 0 Å². The van der Waals surface area contributed by atoms with Crippen LogP contribution in [-0.4, -0.2) is 52.4 Å². The molecule has 0 saturated carbocycles. The first-order valence-corrected chi connectivity index (χ1v) is 16.5. The molecule has 0 aromatic carbocycles. The lowest BCUT2D eigenvalue weighted by Crippen LogP contribution is -2.49. The molecule has 0 aliphatic heterocycles. The number of unbranched alkanes of at least 4 members (excludes halogenated alkanes) is 16. The molecule has 5 nitrogen and oxygen atoms in total. The standard InChI is InChI=1S/C30H60NO4P/c1-5-6-7-8-9-10-11-12-13-14-15-16-17-18-19-20-21-22-23-24-25-26-27-28-30(32,36(33,34)35)29-31(2,3)4/h8-9,18-19,32H,5-7,10-17,20-29H2,1-4H3,(H-,33,34,35)/p+1/b9-8-,19-18-. The molecule has 0 heterocycles. The van der Waals surface area contributed by atoms with E-state index in [9.17, 15) is 19.5 Å². The van der Waals surface area contributed by atoms with Crippen molar-refractivity contribution in [1.29, 1.82) is 0 Å². The van der Waals surface area contributed by atoms with E-state index in [0.29, 0.717) is 10.9 Å². The topological polar surface area (TPSA) is 77.8 Å². The number of allylic oxidation sites excluding steroid dienone is 4. The van der Waals surface area contributed by atoms with Crippen LogP contribution >= 0.6 is 7.60 Å². The van der Waals surface area contributed by atoms with Crippen LogP contribution in [-0.2, 0) is 4.57 Å². The Morgan fingerprint density at radius 1 is 0.611 bits per heavy atom. The molecule has 0 amide bonds. The first-order chi connectivity index (χ1) is 17.0. The third-order valence-corrected chi connectivity index (χ3v) is 8.22. The van der Waals surface area contributed by atoms with Gasteiger partial charge in [0.05, 0.1) is 21.1 Å². The first kappa shape index (κ1) is 35.5. The number of hydrogen-bond acceptors (Lipinski definition) is 2. The summed E-state index contributed by atoms with van der Waals surface area (Å²) in [6.07, 6.45) is 32.7.